The number of hydrogen-bond donors (Lipinski definition) is 2. The number of hydrogen-bond acceptors (Lipinski definition) is 4. The molecule has 1 heterocycles. The van der Waals surface area contributed by atoms with Crippen LogP contribution in [-0.2, 0) is 11.2 Å². The van der Waals surface area contributed by atoms with Crippen LogP contribution in [0.2, 0.25) is 0 Å². The summed E-state index contributed by atoms with van der Waals surface area (Å²) in [6.45, 7) is 4.66. The lowest BCUT2D eigenvalue weighted by molar-refractivity contribution is -0.135. The van der Waals surface area contributed by atoms with Gasteiger partial charge in [0.15, 0.2) is 0 Å². The second-order valence-corrected chi connectivity index (χ2v) is 6.89. The molecule has 0 radical (unpaired) electrons. The fourth-order valence-corrected chi connectivity index (χ4v) is 3.39. The van der Waals surface area contributed by atoms with Crippen molar-refractivity contribution in [3.63, 3.8) is 0 Å². The summed E-state index contributed by atoms with van der Waals surface area (Å²) >= 11 is 0. The Bertz CT molecular complexity index is 803. The summed E-state index contributed by atoms with van der Waals surface area (Å²) in [7, 11) is 0. The van der Waals surface area contributed by atoms with Crippen molar-refractivity contribution in [2.24, 2.45) is 5.73 Å². The fraction of sp³-hybridized carbons (Fsp3) is 0.364. The van der Waals surface area contributed by atoms with E-state index in [-0.39, 0.29) is 11.9 Å². The van der Waals surface area contributed by atoms with Crippen molar-refractivity contribution in [2.75, 3.05) is 26.2 Å². The van der Waals surface area contributed by atoms with E-state index in [0.29, 0.717) is 30.9 Å². The zero-order valence-electron chi connectivity index (χ0n) is 16.2. The third-order valence-electron chi connectivity index (χ3n) is 5.06. The van der Waals surface area contributed by atoms with Crippen LogP contribution in [0.25, 0.3) is 0 Å². The topological polar surface area (TPSA) is 84.7 Å². The van der Waals surface area contributed by atoms with Crippen LogP contribution < -0.4 is 15.8 Å². The number of ether oxygens (including phenoxy) is 1. The first-order chi connectivity index (χ1) is 13.6. The molecular weight excluding hydrogens is 354 g/mol. The predicted molar refractivity (Wildman–Crippen MR) is 108 cm³/mol. The van der Waals surface area contributed by atoms with Crippen LogP contribution in [-0.4, -0.2) is 43.0 Å². The van der Waals surface area contributed by atoms with Crippen molar-refractivity contribution < 1.29 is 14.3 Å². The highest BCUT2D eigenvalue weighted by molar-refractivity contribution is 5.92. The number of nitrogens with one attached hydrogen (secondary N) is 1. The maximum Gasteiger partial charge on any atom is 0.248 e. The van der Waals surface area contributed by atoms with Crippen molar-refractivity contribution in [1.82, 2.24) is 10.2 Å². The number of nitrogens with two attached hydrogens (primary N) is 1. The Morgan fingerprint density at radius 1 is 1.14 bits per heavy atom. The lowest BCUT2D eigenvalue weighted by atomic mass is 10.0. The van der Waals surface area contributed by atoms with E-state index in [2.05, 4.69) is 36.5 Å². The largest absolute Gasteiger partial charge is 0.493 e. The molecule has 0 aliphatic carbocycles. The molecule has 2 amide bonds. The number of nitrogens with zero attached hydrogens (tertiary/aromatic N) is 1. The number of piperazine rings is 1. The molecule has 0 aromatic heterocycles. The molecule has 1 unspecified atom stereocenters. The van der Waals surface area contributed by atoms with Crippen LogP contribution in [0.3, 0.4) is 0 Å². The molecule has 2 aromatic rings. The van der Waals surface area contributed by atoms with Crippen LogP contribution in [0.4, 0.5) is 0 Å². The summed E-state index contributed by atoms with van der Waals surface area (Å²) < 4.78 is 5.66. The first-order valence-corrected chi connectivity index (χ1v) is 9.70. The fourth-order valence-electron chi connectivity index (χ4n) is 3.39. The summed E-state index contributed by atoms with van der Waals surface area (Å²) in [6, 6.07) is 15.2. The highest BCUT2D eigenvalue weighted by Gasteiger charge is 2.27. The van der Waals surface area contributed by atoms with E-state index >= 15 is 0 Å². The Balaban J connectivity index is 1.57. The molecule has 6 nitrogen and oxygen atoms in total. The van der Waals surface area contributed by atoms with Crippen molar-refractivity contribution in [2.45, 2.75) is 25.8 Å². The SMILES string of the molecule is CCc1ccc(C2CNCCN2C(=O)CCOc2ccc(C(N)=O)cc2)cc1. The highest BCUT2D eigenvalue weighted by atomic mass is 16.5. The minimum absolute atomic E-state index is 0.0435. The molecule has 3 rings (SSSR count). The molecule has 1 saturated heterocycles. The number of rotatable bonds is 7. The molecule has 0 saturated carbocycles. The van der Waals surface area contributed by atoms with Gasteiger partial charge in [-0.1, -0.05) is 31.2 Å². The van der Waals surface area contributed by atoms with Crippen LogP contribution >= 0.6 is 0 Å². The van der Waals surface area contributed by atoms with Gasteiger partial charge in [-0.15, -0.1) is 0 Å². The summed E-state index contributed by atoms with van der Waals surface area (Å²) in [5, 5.41) is 3.38. The van der Waals surface area contributed by atoms with Gasteiger partial charge >= 0.3 is 0 Å². The molecule has 3 N–H and O–H groups in total. The lowest BCUT2D eigenvalue weighted by Gasteiger charge is -2.36. The maximum atomic E-state index is 12.8. The number of amides is 2. The summed E-state index contributed by atoms with van der Waals surface area (Å²) in [5.41, 5.74) is 8.11. The average Bonchev–Trinajstić information content (AvgIpc) is 2.74. The summed E-state index contributed by atoms with van der Waals surface area (Å²) in [5.74, 6) is 0.225. The second-order valence-electron chi connectivity index (χ2n) is 6.89. The molecule has 1 fully saturated rings. The van der Waals surface area contributed by atoms with E-state index in [1.807, 2.05) is 4.90 Å². The minimum atomic E-state index is -0.474. The van der Waals surface area contributed by atoms with E-state index in [1.165, 1.54) is 5.56 Å². The standard InChI is InChI=1S/C22H27N3O3/c1-2-16-3-5-17(6-4-16)20-15-24-12-13-25(20)21(26)11-14-28-19-9-7-18(8-10-19)22(23)27/h3-10,20,24H,2,11-15H2,1H3,(H2,23,27). The van der Waals surface area contributed by atoms with Gasteiger partial charge in [0.05, 0.1) is 19.1 Å². The molecule has 1 aliphatic rings. The van der Waals surface area contributed by atoms with Gasteiger partial charge in [-0.2, -0.15) is 0 Å². The Hall–Kier alpha value is -2.86. The molecule has 1 aliphatic heterocycles. The number of benzene rings is 2. The van der Waals surface area contributed by atoms with Crippen LogP contribution in [0.1, 0.15) is 40.9 Å². The third kappa shape index (κ3) is 4.89. The first kappa shape index (κ1) is 19.9. The Morgan fingerprint density at radius 2 is 1.86 bits per heavy atom. The van der Waals surface area contributed by atoms with Gasteiger partial charge in [0, 0.05) is 25.2 Å². The van der Waals surface area contributed by atoms with Crippen molar-refractivity contribution in [3.8, 4) is 5.75 Å². The molecule has 0 bridgehead atoms. The number of primary amides is 1. The van der Waals surface area contributed by atoms with E-state index in [9.17, 15) is 9.59 Å². The number of aryl methyl sites for hydroxylation is 1. The maximum absolute atomic E-state index is 12.8. The smallest absolute Gasteiger partial charge is 0.248 e. The summed E-state index contributed by atoms with van der Waals surface area (Å²) in [4.78, 5) is 25.8. The van der Waals surface area contributed by atoms with Crippen molar-refractivity contribution in [1.29, 1.82) is 0 Å². The van der Waals surface area contributed by atoms with E-state index in [4.69, 9.17) is 10.5 Å². The van der Waals surface area contributed by atoms with Crippen LogP contribution in [0, 0.1) is 0 Å². The second kappa shape index (κ2) is 9.37. The van der Waals surface area contributed by atoms with Gasteiger partial charge < -0.3 is 20.7 Å². The van der Waals surface area contributed by atoms with Gasteiger partial charge in [0.2, 0.25) is 11.8 Å². The number of carbonyl (C=O) groups excluding carboxylic acids is 2. The van der Waals surface area contributed by atoms with Gasteiger partial charge in [0.25, 0.3) is 0 Å². The van der Waals surface area contributed by atoms with Gasteiger partial charge in [-0.05, 0) is 41.8 Å². The predicted octanol–water partition coefficient (Wildman–Crippen LogP) is 2.29. The van der Waals surface area contributed by atoms with E-state index < -0.39 is 5.91 Å². The summed E-state index contributed by atoms with van der Waals surface area (Å²) in [6.07, 6.45) is 1.31. The van der Waals surface area contributed by atoms with Gasteiger partial charge in [0.1, 0.15) is 5.75 Å². The molecular formula is C22H27N3O3. The highest BCUT2D eigenvalue weighted by Crippen LogP contribution is 2.24. The molecule has 1 atom stereocenters. The molecule has 2 aromatic carbocycles. The first-order valence-electron chi connectivity index (χ1n) is 9.70. The molecule has 6 heteroatoms. The van der Waals surface area contributed by atoms with E-state index in [1.54, 1.807) is 24.3 Å². The molecule has 148 valence electrons. The van der Waals surface area contributed by atoms with Gasteiger partial charge in [-0.3, -0.25) is 9.59 Å². The Labute approximate surface area is 165 Å². The average molecular weight is 381 g/mol. The Morgan fingerprint density at radius 3 is 2.50 bits per heavy atom. The minimum Gasteiger partial charge on any atom is -0.493 e. The number of carbonyl (C=O) groups is 2. The Kier molecular flexibility index (Phi) is 6.66. The van der Waals surface area contributed by atoms with Crippen LogP contribution in [0.15, 0.2) is 48.5 Å². The zero-order valence-corrected chi connectivity index (χ0v) is 16.2. The van der Waals surface area contributed by atoms with Crippen molar-refractivity contribution >= 4 is 11.8 Å². The lowest BCUT2D eigenvalue weighted by Crippen LogP contribution is -2.48. The molecule has 0 spiro atoms. The quantitative estimate of drug-likeness (QED) is 0.771. The molecule has 28 heavy (non-hydrogen) atoms. The monoisotopic (exact) mass is 381 g/mol. The van der Waals surface area contributed by atoms with E-state index in [0.717, 1.165) is 25.1 Å². The third-order valence-corrected chi connectivity index (χ3v) is 5.06. The normalized spacial score (nSPS) is 16.6. The van der Waals surface area contributed by atoms with Crippen molar-refractivity contribution in [3.05, 3.63) is 65.2 Å². The zero-order chi connectivity index (χ0) is 19.9. The van der Waals surface area contributed by atoms with Crippen LogP contribution in [0.5, 0.6) is 5.75 Å². The van der Waals surface area contributed by atoms with Gasteiger partial charge in [-0.25, -0.2) is 0 Å².